The molecule has 0 radical (unpaired) electrons. The molecular formula is C18H22ClNO2S. The molecule has 3 nitrogen and oxygen atoms in total. The largest absolute Gasteiger partial charge is 0.322 e. The van der Waals surface area contributed by atoms with Gasteiger partial charge >= 0.3 is 0 Å². The summed E-state index contributed by atoms with van der Waals surface area (Å²) in [4.78, 5) is 16.1. The minimum Gasteiger partial charge on any atom is -0.322 e. The van der Waals surface area contributed by atoms with Crippen LogP contribution in [-0.2, 0) is 17.2 Å². The summed E-state index contributed by atoms with van der Waals surface area (Å²) in [6.45, 7) is 2.04. The van der Waals surface area contributed by atoms with E-state index < -0.39 is 10.8 Å². The smallest absolute Gasteiger partial charge is 0.252 e. The van der Waals surface area contributed by atoms with E-state index in [1.54, 1.807) is 12.1 Å². The average molecular weight is 352 g/mol. The predicted molar refractivity (Wildman–Crippen MR) is 96.9 cm³/mol. The Balaban J connectivity index is 2.21. The Labute approximate surface area is 143 Å². The van der Waals surface area contributed by atoms with Crippen molar-refractivity contribution < 1.29 is 4.21 Å². The maximum atomic E-state index is 13.3. The zero-order valence-corrected chi connectivity index (χ0v) is 14.9. The van der Waals surface area contributed by atoms with Crippen molar-refractivity contribution in [2.45, 2.75) is 62.0 Å². The van der Waals surface area contributed by atoms with Gasteiger partial charge in [-0.2, -0.15) is 0 Å². The third-order valence-corrected chi connectivity index (χ3v) is 6.76. The summed E-state index contributed by atoms with van der Waals surface area (Å²) < 4.78 is 13.3. The fourth-order valence-electron chi connectivity index (χ4n) is 3.43. The molecular weight excluding hydrogens is 330 g/mol. The van der Waals surface area contributed by atoms with Crippen molar-refractivity contribution in [3.05, 3.63) is 39.1 Å². The number of nitrogens with one attached hydrogen (secondary N) is 1. The molecule has 0 unspecified atom stereocenters. The highest BCUT2D eigenvalue weighted by Gasteiger charge is 2.26. The number of halogens is 1. The van der Waals surface area contributed by atoms with Gasteiger partial charge in [0.2, 0.25) is 0 Å². The highest BCUT2D eigenvalue weighted by Crippen LogP contribution is 2.31. The van der Waals surface area contributed by atoms with Crippen molar-refractivity contribution in [3.8, 4) is 0 Å². The molecule has 3 rings (SSSR count). The van der Waals surface area contributed by atoms with Crippen LogP contribution in [0.25, 0.3) is 10.9 Å². The lowest BCUT2D eigenvalue weighted by Crippen LogP contribution is -2.24. The van der Waals surface area contributed by atoms with Crippen LogP contribution < -0.4 is 5.56 Å². The molecule has 0 bridgehead atoms. The summed E-state index contributed by atoms with van der Waals surface area (Å²) >= 11 is 6.16. The molecule has 0 aliphatic heterocycles. The van der Waals surface area contributed by atoms with Crippen LogP contribution in [0, 0.1) is 0 Å². The fourth-order valence-corrected chi connectivity index (χ4v) is 5.52. The predicted octanol–water partition coefficient (Wildman–Crippen LogP) is 4.57. The second-order valence-corrected chi connectivity index (χ2v) is 8.37. The fraction of sp³-hybridized carbons (Fsp3) is 0.500. The number of benzene rings is 1. The first-order valence-electron chi connectivity index (χ1n) is 8.36. The van der Waals surface area contributed by atoms with Gasteiger partial charge in [-0.15, -0.1) is 0 Å². The first kappa shape index (κ1) is 16.7. The van der Waals surface area contributed by atoms with Crippen LogP contribution in [-0.4, -0.2) is 14.4 Å². The number of H-pyrrole nitrogens is 1. The molecule has 1 saturated carbocycles. The van der Waals surface area contributed by atoms with E-state index in [4.69, 9.17) is 11.6 Å². The van der Waals surface area contributed by atoms with Crippen LogP contribution in [0.4, 0.5) is 0 Å². The highest BCUT2D eigenvalue weighted by atomic mass is 35.5. The van der Waals surface area contributed by atoms with Gasteiger partial charge in [-0.05, 0) is 37.5 Å². The summed E-state index contributed by atoms with van der Waals surface area (Å²) in [5.74, 6) is 0. The molecule has 1 aliphatic rings. The number of aromatic amines is 1. The minimum atomic E-state index is -1.15. The normalized spacial score (nSPS) is 17.5. The number of rotatable bonds is 4. The third-order valence-electron chi connectivity index (χ3n) is 4.58. The molecule has 1 fully saturated rings. The number of hydrogen-bond donors (Lipinski definition) is 1. The number of aromatic nitrogens is 1. The van der Waals surface area contributed by atoms with E-state index in [0.29, 0.717) is 17.0 Å². The van der Waals surface area contributed by atoms with E-state index in [1.165, 1.54) is 6.42 Å². The first-order chi connectivity index (χ1) is 11.1. The van der Waals surface area contributed by atoms with Gasteiger partial charge in [0.25, 0.3) is 5.56 Å². The molecule has 0 saturated heterocycles. The van der Waals surface area contributed by atoms with Gasteiger partial charge in [0.05, 0.1) is 15.7 Å². The lowest BCUT2D eigenvalue weighted by Gasteiger charge is -2.23. The van der Waals surface area contributed by atoms with Gasteiger partial charge in [0.15, 0.2) is 0 Å². The van der Waals surface area contributed by atoms with E-state index in [2.05, 4.69) is 4.98 Å². The van der Waals surface area contributed by atoms with Crippen molar-refractivity contribution in [1.82, 2.24) is 4.98 Å². The number of hydrogen-bond acceptors (Lipinski definition) is 2. The Morgan fingerprint density at radius 2 is 2.00 bits per heavy atom. The molecule has 1 atom stereocenters. The molecule has 124 valence electrons. The Hall–Kier alpha value is -1.13. The van der Waals surface area contributed by atoms with E-state index in [9.17, 15) is 9.00 Å². The number of fused-ring (bicyclic) bond motifs is 1. The third kappa shape index (κ3) is 3.38. The molecule has 1 aromatic heterocycles. The van der Waals surface area contributed by atoms with Gasteiger partial charge in [-0.25, -0.2) is 0 Å². The van der Waals surface area contributed by atoms with E-state index in [0.717, 1.165) is 47.9 Å². The molecule has 1 aromatic carbocycles. The summed E-state index contributed by atoms with van der Waals surface area (Å²) in [6, 6.07) is 5.39. The van der Waals surface area contributed by atoms with Gasteiger partial charge in [-0.1, -0.05) is 44.2 Å². The van der Waals surface area contributed by atoms with Crippen LogP contribution in [0.15, 0.2) is 27.9 Å². The standard InChI is InChI=1S/C18H22ClNO2S/c1-2-6-14-17(23(22)13-7-4-3-5-8-13)15-11-12(19)9-10-16(15)20-18(14)21/h9-11,13H,2-8H2,1H3,(H,20,21)/t23-/m0/s1. The topological polar surface area (TPSA) is 49.9 Å². The maximum Gasteiger partial charge on any atom is 0.252 e. The van der Waals surface area contributed by atoms with Crippen molar-refractivity contribution in [2.75, 3.05) is 0 Å². The zero-order valence-electron chi connectivity index (χ0n) is 13.4. The van der Waals surface area contributed by atoms with Crippen molar-refractivity contribution in [3.63, 3.8) is 0 Å². The summed E-state index contributed by atoms with van der Waals surface area (Å²) in [5, 5.41) is 1.60. The second kappa shape index (κ2) is 7.18. The summed E-state index contributed by atoms with van der Waals surface area (Å²) in [7, 11) is -1.15. The Morgan fingerprint density at radius 1 is 1.26 bits per heavy atom. The van der Waals surface area contributed by atoms with Crippen LogP contribution in [0.5, 0.6) is 0 Å². The minimum absolute atomic E-state index is 0.110. The van der Waals surface area contributed by atoms with Crippen LogP contribution in [0.2, 0.25) is 5.02 Å². The molecule has 1 heterocycles. The van der Waals surface area contributed by atoms with Gasteiger partial charge in [0.1, 0.15) is 0 Å². The highest BCUT2D eigenvalue weighted by molar-refractivity contribution is 7.86. The molecule has 2 aromatic rings. The molecule has 5 heteroatoms. The Kier molecular flexibility index (Phi) is 5.22. The Morgan fingerprint density at radius 3 is 2.70 bits per heavy atom. The molecule has 0 spiro atoms. The molecule has 1 N–H and O–H groups in total. The van der Waals surface area contributed by atoms with Crippen molar-refractivity contribution >= 4 is 33.3 Å². The molecule has 23 heavy (non-hydrogen) atoms. The SMILES string of the molecule is CCCc1c([S@@](=O)C2CCCCC2)c2cc(Cl)ccc2[nH]c1=O. The van der Waals surface area contributed by atoms with Crippen LogP contribution in [0.1, 0.15) is 51.0 Å². The van der Waals surface area contributed by atoms with E-state index in [1.807, 2.05) is 13.0 Å². The monoisotopic (exact) mass is 351 g/mol. The van der Waals surface area contributed by atoms with Gasteiger partial charge in [-0.3, -0.25) is 9.00 Å². The average Bonchev–Trinajstić information content (AvgIpc) is 2.56. The van der Waals surface area contributed by atoms with Crippen molar-refractivity contribution in [1.29, 1.82) is 0 Å². The lowest BCUT2D eigenvalue weighted by atomic mass is 10.0. The maximum absolute atomic E-state index is 13.3. The summed E-state index contributed by atoms with van der Waals surface area (Å²) in [5.41, 5.74) is 1.28. The molecule has 0 amide bonds. The van der Waals surface area contributed by atoms with E-state index >= 15 is 0 Å². The van der Waals surface area contributed by atoms with E-state index in [-0.39, 0.29) is 10.8 Å². The molecule has 1 aliphatic carbocycles. The zero-order chi connectivity index (χ0) is 16.4. The lowest BCUT2D eigenvalue weighted by molar-refractivity contribution is 0.504. The van der Waals surface area contributed by atoms with Crippen LogP contribution in [0.3, 0.4) is 0 Å². The second-order valence-electron chi connectivity index (χ2n) is 6.26. The van der Waals surface area contributed by atoms with Crippen LogP contribution >= 0.6 is 11.6 Å². The number of pyridine rings is 1. The summed E-state index contributed by atoms with van der Waals surface area (Å²) in [6.07, 6.45) is 6.93. The van der Waals surface area contributed by atoms with Gasteiger partial charge in [0, 0.05) is 26.7 Å². The van der Waals surface area contributed by atoms with Crippen molar-refractivity contribution in [2.24, 2.45) is 0 Å². The first-order valence-corrected chi connectivity index (χ1v) is 9.96. The Bertz CT molecular complexity index is 793. The van der Waals surface area contributed by atoms with Gasteiger partial charge < -0.3 is 4.98 Å². The quantitative estimate of drug-likeness (QED) is 0.876.